The third-order valence-electron chi connectivity index (χ3n) is 4.77. The fraction of sp³-hybridized carbons (Fsp3) is 0.526. The molecule has 1 amide bonds. The molecule has 0 fully saturated rings. The SMILES string of the molecule is COc1ccc(OC[C@@H](C)[C@@H]2CC=C(C)[C@H](NC(=O)C(Cl)(Cl)Cl)C2)cc1. The summed E-state index contributed by atoms with van der Waals surface area (Å²) in [6.07, 6.45) is 3.88. The van der Waals surface area contributed by atoms with Gasteiger partial charge in [0.15, 0.2) is 0 Å². The molecule has 0 aliphatic heterocycles. The molecule has 1 aliphatic carbocycles. The fourth-order valence-electron chi connectivity index (χ4n) is 2.98. The minimum Gasteiger partial charge on any atom is -0.497 e. The van der Waals surface area contributed by atoms with Crippen LogP contribution in [0.4, 0.5) is 0 Å². The zero-order valence-electron chi connectivity index (χ0n) is 15.1. The van der Waals surface area contributed by atoms with Crippen molar-refractivity contribution in [3.8, 4) is 11.5 Å². The van der Waals surface area contributed by atoms with E-state index in [2.05, 4.69) is 18.3 Å². The van der Waals surface area contributed by atoms with Gasteiger partial charge in [0.25, 0.3) is 9.70 Å². The van der Waals surface area contributed by atoms with Gasteiger partial charge >= 0.3 is 0 Å². The number of halogens is 3. The predicted octanol–water partition coefficient (Wildman–Crippen LogP) is 4.92. The molecule has 7 heteroatoms. The predicted molar refractivity (Wildman–Crippen MR) is 106 cm³/mol. The molecule has 1 aromatic rings. The number of ether oxygens (including phenoxy) is 2. The maximum Gasteiger partial charge on any atom is 0.272 e. The number of allylic oxidation sites excluding steroid dienone is 1. The summed E-state index contributed by atoms with van der Waals surface area (Å²) in [5.41, 5.74) is 1.09. The molecule has 2 rings (SSSR count). The van der Waals surface area contributed by atoms with Gasteiger partial charge in [0.2, 0.25) is 0 Å². The first-order chi connectivity index (χ1) is 12.2. The van der Waals surface area contributed by atoms with Crippen LogP contribution in [0.2, 0.25) is 0 Å². The van der Waals surface area contributed by atoms with E-state index in [1.165, 1.54) is 0 Å². The summed E-state index contributed by atoms with van der Waals surface area (Å²) in [5, 5.41) is 2.82. The van der Waals surface area contributed by atoms with E-state index in [1.807, 2.05) is 31.2 Å². The first-order valence-electron chi connectivity index (χ1n) is 8.52. The Morgan fingerprint density at radius 3 is 2.46 bits per heavy atom. The number of amides is 1. The number of alkyl halides is 3. The van der Waals surface area contributed by atoms with Crippen molar-refractivity contribution in [2.45, 2.75) is 36.5 Å². The Kier molecular flexibility index (Phi) is 7.51. The molecule has 0 spiro atoms. The van der Waals surface area contributed by atoms with Gasteiger partial charge in [-0.15, -0.1) is 0 Å². The Balaban J connectivity index is 1.90. The second kappa shape index (κ2) is 9.20. The van der Waals surface area contributed by atoms with E-state index in [-0.39, 0.29) is 6.04 Å². The number of hydrogen-bond donors (Lipinski definition) is 1. The highest BCUT2D eigenvalue weighted by atomic mass is 35.6. The van der Waals surface area contributed by atoms with Gasteiger partial charge in [-0.1, -0.05) is 53.4 Å². The standard InChI is InChI=1S/C19H24Cl3NO3/c1-12-4-5-14(10-17(12)23-18(24)19(20,21)22)13(2)11-26-16-8-6-15(25-3)7-9-16/h4,6-9,13-14,17H,5,10-11H2,1-3H3,(H,23,24)/t13-,14-,17-/m1/s1. The lowest BCUT2D eigenvalue weighted by atomic mass is 9.79. The van der Waals surface area contributed by atoms with E-state index >= 15 is 0 Å². The van der Waals surface area contributed by atoms with Crippen LogP contribution in [0.3, 0.4) is 0 Å². The van der Waals surface area contributed by atoms with Gasteiger partial charge in [-0.25, -0.2) is 0 Å². The highest BCUT2D eigenvalue weighted by Crippen LogP contribution is 2.32. The van der Waals surface area contributed by atoms with Gasteiger partial charge in [-0.2, -0.15) is 0 Å². The van der Waals surface area contributed by atoms with E-state index in [4.69, 9.17) is 44.3 Å². The molecule has 0 bridgehead atoms. The fourth-order valence-corrected chi connectivity index (χ4v) is 3.14. The minimum atomic E-state index is -1.95. The second-order valence-corrected chi connectivity index (χ2v) is 8.95. The summed E-state index contributed by atoms with van der Waals surface area (Å²) in [6.45, 7) is 4.73. The molecular formula is C19H24Cl3NO3. The lowest BCUT2D eigenvalue weighted by molar-refractivity contribution is -0.120. The number of rotatable bonds is 6. The van der Waals surface area contributed by atoms with Gasteiger partial charge in [0.05, 0.1) is 19.8 Å². The van der Waals surface area contributed by atoms with Crippen molar-refractivity contribution in [2.24, 2.45) is 11.8 Å². The summed E-state index contributed by atoms with van der Waals surface area (Å²) in [4.78, 5) is 11.9. The highest BCUT2D eigenvalue weighted by Gasteiger charge is 2.34. The van der Waals surface area contributed by atoms with Gasteiger partial charge in [-0.3, -0.25) is 4.79 Å². The Morgan fingerprint density at radius 1 is 1.27 bits per heavy atom. The van der Waals surface area contributed by atoms with Crippen LogP contribution in [0, 0.1) is 11.8 Å². The number of hydrogen-bond acceptors (Lipinski definition) is 3. The third kappa shape index (κ3) is 5.97. The van der Waals surface area contributed by atoms with Crippen LogP contribution in [0.15, 0.2) is 35.9 Å². The lowest BCUT2D eigenvalue weighted by Gasteiger charge is -2.33. The summed E-state index contributed by atoms with van der Waals surface area (Å²) >= 11 is 17.0. The summed E-state index contributed by atoms with van der Waals surface area (Å²) < 4.78 is 9.09. The van der Waals surface area contributed by atoms with Crippen LogP contribution >= 0.6 is 34.8 Å². The molecule has 1 aliphatic rings. The smallest absolute Gasteiger partial charge is 0.272 e. The van der Waals surface area contributed by atoms with Crippen LogP contribution in [-0.2, 0) is 4.79 Å². The van der Waals surface area contributed by atoms with Crippen LogP contribution in [0.25, 0.3) is 0 Å². The van der Waals surface area contributed by atoms with Crippen molar-refractivity contribution in [3.63, 3.8) is 0 Å². The van der Waals surface area contributed by atoms with E-state index in [9.17, 15) is 4.79 Å². The average Bonchev–Trinajstić information content (AvgIpc) is 2.61. The molecule has 0 aromatic heterocycles. The Bertz CT molecular complexity index is 640. The lowest BCUT2D eigenvalue weighted by Crippen LogP contribution is -2.45. The zero-order chi connectivity index (χ0) is 19.3. The number of carbonyl (C=O) groups is 1. The quantitative estimate of drug-likeness (QED) is 0.525. The van der Waals surface area contributed by atoms with Gasteiger partial charge in [-0.05, 0) is 55.9 Å². The zero-order valence-corrected chi connectivity index (χ0v) is 17.4. The largest absolute Gasteiger partial charge is 0.497 e. The minimum absolute atomic E-state index is 0.125. The first-order valence-corrected chi connectivity index (χ1v) is 9.65. The van der Waals surface area contributed by atoms with Crippen LogP contribution in [0.1, 0.15) is 26.7 Å². The molecular weight excluding hydrogens is 397 g/mol. The molecule has 144 valence electrons. The average molecular weight is 421 g/mol. The highest BCUT2D eigenvalue weighted by molar-refractivity contribution is 6.76. The maximum absolute atomic E-state index is 11.9. The Morgan fingerprint density at radius 2 is 1.88 bits per heavy atom. The van der Waals surface area contributed by atoms with Crippen molar-refractivity contribution in [3.05, 3.63) is 35.9 Å². The van der Waals surface area contributed by atoms with Crippen molar-refractivity contribution in [1.29, 1.82) is 0 Å². The van der Waals surface area contributed by atoms with Gasteiger partial charge < -0.3 is 14.8 Å². The molecule has 0 heterocycles. The normalized spacial score (nSPS) is 21.5. The van der Waals surface area contributed by atoms with Crippen molar-refractivity contribution in [2.75, 3.05) is 13.7 Å². The van der Waals surface area contributed by atoms with Crippen molar-refractivity contribution in [1.82, 2.24) is 5.32 Å². The van der Waals surface area contributed by atoms with Crippen LogP contribution < -0.4 is 14.8 Å². The van der Waals surface area contributed by atoms with Crippen molar-refractivity contribution < 1.29 is 14.3 Å². The van der Waals surface area contributed by atoms with Crippen LogP contribution in [0.5, 0.6) is 11.5 Å². The van der Waals surface area contributed by atoms with E-state index < -0.39 is 9.70 Å². The molecule has 1 aromatic carbocycles. The molecule has 4 nitrogen and oxygen atoms in total. The Hall–Kier alpha value is -1.10. The second-order valence-electron chi connectivity index (χ2n) is 6.67. The molecule has 0 saturated heterocycles. The molecule has 26 heavy (non-hydrogen) atoms. The topological polar surface area (TPSA) is 47.6 Å². The molecule has 0 saturated carbocycles. The molecule has 1 N–H and O–H groups in total. The summed E-state index contributed by atoms with van der Waals surface area (Å²) in [7, 11) is 1.63. The monoisotopic (exact) mass is 419 g/mol. The Labute approximate surface area is 169 Å². The third-order valence-corrected chi connectivity index (χ3v) is 5.29. The van der Waals surface area contributed by atoms with Crippen molar-refractivity contribution >= 4 is 40.7 Å². The number of nitrogens with one attached hydrogen (secondary N) is 1. The number of benzene rings is 1. The summed E-state index contributed by atoms with van der Waals surface area (Å²) in [6, 6.07) is 7.39. The van der Waals surface area contributed by atoms with Gasteiger partial charge in [0, 0.05) is 0 Å². The molecule has 0 radical (unpaired) electrons. The number of carbonyl (C=O) groups excluding carboxylic acids is 1. The molecule has 0 unspecified atom stereocenters. The molecule has 3 atom stereocenters. The summed E-state index contributed by atoms with van der Waals surface area (Å²) in [5.74, 6) is 1.70. The van der Waals surface area contributed by atoms with Gasteiger partial charge in [0.1, 0.15) is 11.5 Å². The van der Waals surface area contributed by atoms with E-state index in [0.29, 0.717) is 18.4 Å². The van der Waals surface area contributed by atoms with E-state index in [0.717, 1.165) is 29.9 Å². The maximum atomic E-state index is 11.9. The number of methoxy groups -OCH3 is 1. The first kappa shape index (κ1) is 21.2. The van der Waals surface area contributed by atoms with Crippen LogP contribution in [-0.4, -0.2) is 29.5 Å². The van der Waals surface area contributed by atoms with E-state index in [1.54, 1.807) is 7.11 Å².